The van der Waals surface area contributed by atoms with E-state index < -0.39 is 0 Å². The zero-order chi connectivity index (χ0) is 5.66. The lowest BCUT2D eigenvalue weighted by Gasteiger charge is -1.94. The Balaban J connectivity index is 2.33. The zero-order valence-electron chi connectivity index (χ0n) is 5.14. The molecule has 0 saturated carbocycles. The summed E-state index contributed by atoms with van der Waals surface area (Å²) in [6, 6.07) is 0. The molecule has 0 amide bonds. The third-order valence-electron chi connectivity index (χ3n) is 1.37. The van der Waals surface area contributed by atoms with E-state index in [9.17, 15) is 0 Å². The van der Waals surface area contributed by atoms with Gasteiger partial charge in [0.2, 0.25) is 0 Å². The standard InChI is InChI=1S/C8H12/c1-2-4-6-8-7-5-3-1/h1-4H,5-8H2/b3-1+,4-2+. The maximum Gasteiger partial charge on any atom is -0.0347 e. The van der Waals surface area contributed by atoms with E-state index in [4.69, 9.17) is 0 Å². The topological polar surface area (TPSA) is 0 Å². The smallest absolute Gasteiger partial charge is 0.0347 e. The highest BCUT2D eigenvalue weighted by Gasteiger charge is 1.84. The summed E-state index contributed by atoms with van der Waals surface area (Å²) in [6.07, 6.45) is 14.0. The molecule has 0 aromatic heterocycles. The van der Waals surface area contributed by atoms with Gasteiger partial charge in [0.15, 0.2) is 0 Å². The Hall–Kier alpha value is -0.520. The molecule has 0 heteroatoms. The summed E-state index contributed by atoms with van der Waals surface area (Å²) in [5.41, 5.74) is 0. The minimum atomic E-state index is 1.27. The van der Waals surface area contributed by atoms with E-state index in [1.54, 1.807) is 0 Å². The van der Waals surface area contributed by atoms with Crippen molar-refractivity contribution in [1.29, 1.82) is 0 Å². The lowest BCUT2D eigenvalue weighted by molar-refractivity contribution is 0.758. The monoisotopic (exact) mass is 108 g/mol. The normalized spacial score (nSPS) is 28.0. The Morgan fingerprint density at radius 3 is 1.75 bits per heavy atom. The van der Waals surface area contributed by atoms with Crippen LogP contribution in [0.4, 0.5) is 0 Å². The highest BCUT2D eigenvalue weighted by molar-refractivity contribution is 5.03. The number of rotatable bonds is 0. The maximum atomic E-state index is 2.23. The maximum absolute atomic E-state index is 2.23. The van der Waals surface area contributed by atoms with Crippen LogP contribution in [0.2, 0.25) is 0 Å². The van der Waals surface area contributed by atoms with Crippen molar-refractivity contribution >= 4 is 0 Å². The summed E-state index contributed by atoms with van der Waals surface area (Å²) < 4.78 is 0. The van der Waals surface area contributed by atoms with Crippen molar-refractivity contribution < 1.29 is 0 Å². The fourth-order valence-electron chi connectivity index (χ4n) is 0.874. The van der Waals surface area contributed by atoms with Crippen molar-refractivity contribution in [3.63, 3.8) is 0 Å². The molecule has 0 radical (unpaired) electrons. The lowest BCUT2D eigenvalue weighted by Crippen LogP contribution is -1.74. The van der Waals surface area contributed by atoms with Crippen LogP contribution in [0.1, 0.15) is 25.7 Å². The third-order valence-corrected chi connectivity index (χ3v) is 1.37. The first-order chi connectivity index (χ1) is 4.00. The minimum absolute atomic E-state index is 1.27. The van der Waals surface area contributed by atoms with Crippen LogP contribution in [0, 0.1) is 0 Å². The SMILES string of the molecule is C1=C/CCCC/C=C/1. The van der Waals surface area contributed by atoms with Crippen LogP contribution in [0.15, 0.2) is 24.3 Å². The van der Waals surface area contributed by atoms with Crippen molar-refractivity contribution in [2.75, 3.05) is 0 Å². The van der Waals surface area contributed by atoms with E-state index in [1.807, 2.05) is 0 Å². The molecule has 0 N–H and O–H groups in total. The molecular formula is C8H12. The average molecular weight is 108 g/mol. The molecule has 0 aliphatic heterocycles. The first kappa shape index (κ1) is 5.61. The van der Waals surface area contributed by atoms with E-state index in [1.165, 1.54) is 25.7 Å². The number of hydrogen-bond donors (Lipinski definition) is 0. The Kier molecular flexibility index (Phi) is 2.44. The van der Waals surface area contributed by atoms with Crippen molar-refractivity contribution in [1.82, 2.24) is 0 Å². The van der Waals surface area contributed by atoms with E-state index in [2.05, 4.69) is 24.3 Å². The molecule has 0 heterocycles. The number of allylic oxidation sites excluding steroid dienone is 4. The van der Waals surface area contributed by atoms with E-state index in [0.717, 1.165) is 0 Å². The quantitative estimate of drug-likeness (QED) is 0.447. The molecule has 0 unspecified atom stereocenters. The molecule has 8 heavy (non-hydrogen) atoms. The Labute approximate surface area is 50.9 Å². The molecule has 0 spiro atoms. The van der Waals surface area contributed by atoms with Gasteiger partial charge in [-0.3, -0.25) is 0 Å². The highest BCUT2D eigenvalue weighted by atomic mass is 13.9. The van der Waals surface area contributed by atoms with Gasteiger partial charge in [0.25, 0.3) is 0 Å². The average Bonchev–Trinajstić information content (AvgIpc) is 1.62. The van der Waals surface area contributed by atoms with E-state index in [-0.39, 0.29) is 0 Å². The first-order valence-corrected chi connectivity index (χ1v) is 3.32. The predicted octanol–water partition coefficient (Wildman–Crippen LogP) is 2.67. The van der Waals surface area contributed by atoms with Crippen LogP contribution >= 0.6 is 0 Å². The van der Waals surface area contributed by atoms with Crippen LogP contribution in [-0.2, 0) is 0 Å². The van der Waals surface area contributed by atoms with Crippen LogP contribution < -0.4 is 0 Å². The van der Waals surface area contributed by atoms with Crippen molar-refractivity contribution in [3.05, 3.63) is 24.3 Å². The summed E-state index contributed by atoms with van der Waals surface area (Å²) in [5, 5.41) is 0. The van der Waals surface area contributed by atoms with Gasteiger partial charge in [0, 0.05) is 0 Å². The first-order valence-electron chi connectivity index (χ1n) is 3.32. The highest BCUT2D eigenvalue weighted by Crippen LogP contribution is 2.04. The van der Waals surface area contributed by atoms with Crippen molar-refractivity contribution in [3.8, 4) is 0 Å². The minimum Gasteiger partial charge on any atom is -0.0845 e. The fraction of sp³-hybridized carbons (Fsp3) is 0.500. The molecule has 0 aromatic carbocycles. The Morgan fingerprint density at radius 1 is 0.750 bits per heavy atom. The van der Waals surface area contributed by atoms with Gasteiger partial charge in [0.05, 0.1) is 0 Å². The van der Waals surface area contributed by atoms with Gasteiger partial charge in [-0.05, 0) is 25.7 Å². The fourth-order valence-corrected chi connectivity index (χ4v) is 0.874. The molecular weight excluding hydrogens is 96.1 g/mol. The number of hydrogen-bond acceptors (Lipinski definition) is 0. The van der Waals surface area contributed by atoms with Crippen molar-refractivity contribution in [2.45, 2.75) is 25.7 Å². The van der Waals surface area contributed by atoms with Gasteiger partial charge in [-0.2, -0.15) is 0 Å². The second-order valence-corrected chi connectivity index (χ2v) is 2.14. The molecule has 0 bridgehead atoms. The van der Waals surface area contributed by atoms with Gasteiger partial charge < -0.3 is 0 Å². The van der Waals surface area contributed by atoms with E-state index >= 15 is 0 Å². The zero-order valence-corrected chi connectivity index (χ0v) is 5.14. The summed E-state index contributed by atoms with van der Waals surface area (Å²) >= 11 is 0. The van der Waals surface area contributed by atoms with Crippen LogP contribution in [0.25, 0.3) is 0 Å². The summed E-state index contributed by atoms with van der Waals surface area (Å²) in [6.45, 7) is 0. The molecule has 0 atom stereocenters. The predicted molar refractivity (Wildman–Crippen MR) is 36.7 cm³/mol. The van der Waals surface area contributed by atoms with Gasteiger partial charge in [-0.25, -0.2) is 0 Å². The Morgan fingerprint density at radius 2 is 1.25 bits per heavy atom. The van der Waals surface area contributed by atoms with Crippen LogP contribution in [0.3, 0.4) is 0 Å². The molecule has 0 fully saturated rings. The lowest BCUT2D eigenvalue weighted by atomic mass is 10.1. The van der Waals surface area contributed by atoms with Gasteiger partial charge in [0.1, 0.15) is 0 Å². The molecule has 0 nitrogen and oxygen atoms in total. The molecule has 0 aromatic rings. The van der Waals surface area contributed by atoms with Crippen LogP contribution in [-0.4, -0.2) is 0 Å². The van der Waals surface area contributed by atoms with Crippen LogP contribution in [0.5, 0.6) is 0 Å². The summed E-state index contributed by atoms with van der Waals surface area (Å²) in [4.78, 5) is 0. The second-order valence-electron chi connectivity index (χ2n) is 2.14. The second kappa shape index (κ2) is 3.48. The van der Waals surface area contributed by atoms with Gasteiger partial charge in [-0.1, -0.05) is 24.3 Å². The summed E-state index contributed by atoms with van der Waals surface area (Å²) in [5.74, 6) is 0. The van der Waals surface area contributed by atoms with Gasteiger partial charge in [-0.15, -0.1) is 0 Å². The Bertz CT molecular complexity index is 84.6. The van der Waals surface area contributed by atoms with E-state index in [0.29, 0.717) is 0 Å². The third kappa shape index (κ3) is 1.97. The largest absolute Gasteiger partial charge is 0.0845 e. The molecule has 1 aliphatic carbocycles. The van der Waals surface area contributed by atoms with Gasteiger partial charge >= 0.3 is 0 Å². The van der Waals surface area contributed by atoms with Crippen molar-refractivity contribution in [2.24, 2.45) is 0 Å². The molecule has 44 valence electrons. The molecule has 0 saturated heterocycles. The molecule has 1 rings (SSSR count). The summed E-state index contributed by atoms with van der Waals surface area (Å²) in [7, 11) is 0. The molecule has 1 aliphatic rings.